The maximum absolute atomic E-state index is 12.9. The van der Waals surface area contributed by atoms with Crippen LogP contribution >= 0.6 is 0 Å². The van der Waals surface area contributed by atoms with Crippen LogP contribution < -0.4 is 5.73 Å². The van der Waals surface area contributed by atoms with Crippen LogP contribution in [0, 0.1) is 17.3 Å². The second-order valence-corrected chi connectivity index (χ2v) is 7.40. The summed E-state index contributed by atoms with van der Waals surface area (Å²) < 4.78 is 5.73. The van der Waals surface area contributed by atoms with Crippen molar-refractivity contribution in [3.63, 3.8) is 0 Å². The number of morpholine rings is 1. The Morgan fingerprint density at radius 1 is 1.15 bits per heavy atom. The number of carbonyl (C=O) groups is 1. The van der Waals surface area contributed by atoms with E-state index in [0.717, 1.165) is 25.9 Å². The number of nitrogens with zero attached hydrogens (tertiary/aromatic N) is 1. The van der Waals surface area contributed by atoms with Crippen LogP contribution in [0.15, 0.2) is 0 Å². The molecule has 0 bridgehead atoms. The number of ether oxygens (including phenoxy) is 1. The first kappa shape index (κ1) is 15.8. The van der Waals surface area contributed by atoms with Gasteiger partial charge in [0, 0.05) is 25.0 Å². The molecule has 3 unspecified atom stereocenters. The lowest BCUT2D eigenvalue weighted by Gasteiger charge is -2.48. The zero-order valence-corrected chi connectivity index (χ0v) is 13.6. The molecule has 0 aromatic carbocycles. The minimum atomic E-state index is -0.0282. The van der Waals surface area contributed by atoms with E-state index in [1.165, 1.54) is 0 Å². The van der Waals surface area contributed by atoms with Crippen molar-refractivity contribution >= 4 is 5.91 Å². The number of nitrogens with two attached hydrogens (primary N) is 1. The molecule has 1 amide bonds. The molecule has 116 valence electrons. The first-order valence-corrected chi connectivity index (χ1v) is 7.93. The molecule has 4 heteroatoms. The van der Waals surface area contributed by atoms with Crippen LogP contribution in [0.4, 0.5) is 0 Å². The minimum absolute atomic E-state index is 0.0282. The maximum atomic E-state index is 12.9. The van der Waals surface area contributed by atoms with Crippen LogP contribution in [0.1, 0.15) is 47.5 Å². The second kappa shape index (κ2) is 5.64. The van der Waals surface area contributed by atoms with Crippen molar-refractivity contribution in [1.29, 1.82) is 0 Å². The molecular formula is C16H30N2O2. The largest absolute Gasteiger partial charge is 0.372 e. The highest BCUT2D eigenvalue weighted by Crippen LogP contribution is 2.45. The van der Waals surface area contributed by atoms with Crippen molar-refractivity contribution in [3.05, 3.63) is 0 Å². The number of rotatable bonds is 1. The van der Waals surface area contributed by atoms with Gasteiger partial charge in [-0.05, 0) is 38.0 Å². The van der Waals surface area contributed by atoms with Gasteiger partial charge >= 0.3 is 0 Å². The van der Waals surface area contributed by atoms with Gasteiger partial charge in [-0.15, -0.1) is 0 Å². The summed E-state index contributed by atoms with van der Waals surface area (Å²) in [5, 5.41) is 0. The predicted molar refractivity (Wildman–Crippen MR) is 80.2 cm³/mol. The summed E-state index contributed by atoms with van der Waals surface area (Å²) in [4.78, 5) is 15.0. The quantitative estimate of drug-likeness (QED) is 0.800. The third-order valence-corrected chi connectivity index (χ3v) is 5.53. The Balaban J connectivity index is 2.12. The Bertz CT molecular complexity index is 359. The topological polar surface area (TPSA) is 55.6 Å². The van der Waals surface area contributed by atoms with E-state index in [1.807, 2.05) is 18.7 Å². The first-order valence-electron chi connectivity index (χ1n) is 7.93. The molecule has 2 fully saturated rings. The van der Waals surface area contributed by atoms with Gasteiger partial charge in [-0.3, -0.25) is 4.79 Å². The number of amides is 1. The van der Waals surface area contributed by atoms with Crippen LogP contribution in [-0.4, -0.2) is 42.1 Å². The van der Waals surface area contributed by atoms with E-state index < -0.39 is 0 Å². The van der Waals surface area contributed by atoms with Crippen LogP contribution in [0.25, 0.3) is 0 Å². The molecule has 1 aliphatic carbocycles. The fraction of sp³-hybridized carbons (Fsp3) is 0.938. The van der Waals surface area contributed by atoms with Gasteiger partial charge < -0.3 is 15.4 Å². The predicted octanol–water partition coefficient (Wildman–Crippen LogP) is 2.02. The molecule has 2 rings (SSSR count). The van der Waals surface area contributed by atoms with Crippen LogP contribution in [0.5, 0.6) is 0 Å². The van der Waals surface area contributed by atoms with Gasteiger partial charge in [0.25, 0.3) is 0 Å². The number of hydrogen-bond donors (Lipinski definition) is 1. The molecule has 0 spiro atoms. The standard InChI is InChI=1S/C16H30N2O2/c1-10-8-18(9-11(2)20-10)15(19)13-6-7-14(17)12(3)16(13,4)5/h10-14H,6-9,17H2,1-5H3/t10-,11+,12?,13?,14?. The third-order valence-electron chi connectivity index (χ3n) is 5.53. The van der Waals surface area contributed by atoms with Crippen molar-refractivity contribution < 1.29 is 9.53 Å². The Morgan fingerprint density at radius 3 is 2.25 bits per heavy atom. The molecule has 1 saturated carbocycles. The summed E-state index contributed by atoms with van der Waals surface area (Å²) in [6, 6.07) is 0.219. The Kier molecular flexibility index (Phi) is 4.45. The molecule has 20 heavy (non-hydrogen) atoms. The van der Waals surface area contributed by atoms with Gasteiger partial charge in [-0.25, -0.2) is 0 Å². The third kappa shape index (κ3) is 2.86. The normalized spacial score (nSPS) is 41.5. The Hall–Kier alpha value is -0.610. The van der Waals surface area contributed by atoms with Gasteiger partial charge in [-0.1, -0.05) is 20.8 Å². The summed E-state index contributed by atoms with van der Waals surface area (Å²) >= 11 is 0. The SMILES string of the molecule is CC1C(N)CCC(C(=O)N2C[C@@H](C)O[C@@H](C)C2)C1(C)C. The van der Waals surface area contributed by atoms with Gasteiger partial charge in [0.15, 0.2) is 0 Å². The summed E-state index contributed by atoms with van der Waals surface area (Å²) in [7, 11) is 0. The van der Waals surface area contributed by atoms with Gasteiger partial charge in [-0.2, -0.15) is 0 Å². The Labute approximate surface area is 123 Å². The van der Waals surface area contributed by atoms with Crippen LogP contribution in [0.3, 0.4) is 0 Å². The fourth-order valence-corrected chi connectivity index (χ4v) is 3.87. The van der Waals surface area contributed by atoms with E-state index in [0.29, 0.717) is 11.8 Å². The van der Waals surface area contributed by atoms with E-state index >= 15 is 0 Å². The Morgan fingerprint density at radius 2 is 1.70 bits per heavy atom. The van der Waals surface area contributed by atoms with E-state index in [1.54, 1.807) is 0 Å². The first-order chi connectivity index (χ1) is 9.23. The number of hydrogen-bond acceptors (Lipinski definition) is 3. The fourth-order valence-electron chi connectivity index (χ4n) is 3.87. The van der Waals surface area contributed by atoms with E-state index in [-0.39, 0.29) is 29.6 Å². The average molecular weight is 282 g/mol. The van der Waals surface area contributed by atoms with Crippen molar-refractivity contribution in [2.24, 2.45) is 23.0 Å². The zero-order valence-electron chi connectivity index (χ0n) is 13.6. The monoisotopic (exact) mass is 282 g/mol. The molecule has 1 saturated heterocycles. The smallest absolute Gasteiger partial charge is 0.226 e. The molecule has 5 atom stereocenters. The molecule has 0 radical (unpaired) electrons. The average Bonchev–Trinajstić information content (AvgIpc) is 2.34. The molecule has 2 aliphatic rings. The highest BCUT2D eigenvalue weighted by atomic mass is 16.5. The minimum Gasteiger partial charge on any atom is -0.372 e. The summed E-state index contributed by atoms with van der Waals surface area (Å²) in [6.45, 7) is 12.1. The molecule has 2 N–H and O–H groups in total. The molecule has 1 aliphatic heterocycles. The van der Waals surface area contributed by atoms with E-state index in [9.17, 15) is 4.79 Å². The molecule has 0 aromatic heterocycles. The zero-order chi connectivity index (χ0) is 15.1. The second-order valence-electron chi connectivity index (χ2n) is 7.40. The lowest BCUT2D eigenvalue weighted by atomic mass is 9.60. The lowest BCUT2D eigenvalue weighted by Crippen LogP contribution is -2.56. The summed E-state index contributed by atoms with van der Waals surface area (Å²) in [6.07, 6.45) is 2.14. The van der Waals surface area contributed by atoms with Crippen LogP contribution in [0.2, 0.25) is 0 Å². The van der Waals surface area contributed by atoms with Crippen molar-refractivity contribution in [2.75, 3.05) is 13.1 Å². The van der Waals surface area contributed by atoms with Gasteiger partial charge in [0.2, 0.25) is 5.91 Å². The molecule has 4 nitrogen and oxygen atoms in total. The highest BCUT2D eigenvalue weighted by molar-refractivity contribution is 5.80. The summed E-state index contributed by atoms with van der Waals surface area (Å²) in [5.41, 5.74) is 6.17. The summed E-state index contributed by atoms with van der Waals surface area (Å²) in [5.74, 6) is 0.770. The van der Waals surface area contributed by atoms with Crippen molar-refractivity contribution in [3.8, 4) is 0 Å². The highest BCUT2D eigenvalue weighted by Gasteiger charge is 2.46. The van der Waals surface area contributed by atoms with Crippen molar-refractivity contribution in [2.45, 2.75) is 65.7 Å². The van der Waals surface area contributed by atoms with E-state index in [4.69, 9.17) is 10.5 Å². The lowest BCUT2D eigenvalue weighted by molar-refractivity contribution is -0.154. The molecule has 1 heterocycles. The van der Waals surface area contributed by atoms with E-state index in [2.05, 4.69) is 20.8 Å². The maximum Gasteiger partial charge on any atom is 0.226 e. The van der Waals surface area contributed by atoms with Crippen LogP contribution in [-0.2, 0) is 9.53 Å². The number of carbonyl (C=O) groups excluding carboxylic acids is 1. The molecular weight excluding hydrogens is 252 g/mol. The van der Waals surface area contributed by atoms with Crippen molar-refractivity contribution in [1.82, 2.24) is 4.90 Å². The molecule has 0 aromatic rings. The van der Waals surface area contributed by atoms with Gasteiger partial charge in [0.05, 0.1) is 12.2 Å². The van der Waals surface area contributed by atoms with Gasteiger partial charge in [0.1, 0.15) is 0 Å².